The smallest absolute Gasteiger partial charge is 0.363 e. The quantitative estimate of drug-likeness (QED) is 0.174. The van der Waals surface area contributed by atoms with Crippen molar-refractivity contribution in [2.24, 2.45) is 11.8 Å². The Hall–Kier alpha value is -1.38. The largest absolute Gasteiger partial charge is 0.462 e. The molecule has 4 saturated heterocycles. The minimum atomic E-state index is -1.20. The highest BCUT2D eigenvalue weighted by atomic mass is 16.8. The fourth-order valence-corrected chi connectivity index (χ4v) is 6.18. The van der Waals surface area contributed by atoms with Gasteiger partial charge in [-0.1, -0.05) is 6.92 Å². The molecule has 6 fully saturated rings. The first kappa shape index (κ1) is 35.5. The van der Waals surface area contributed by atoms with Gasteiger partial charge < -0.3 is 68.5 Å². The van der Waals surface area contributed by atoms with Gasteiger partial charge in [-0.3, -0.25) is 4.79 Å². The zero-order valence-corrected chi connectivity index (χ0v) is 25.1. The van der Waals surface area contributed by atoms with Gasteiger partial charge >= 0.3 is 5.97 Å². The van der Waals surface area contributed by atoms with Crippen LogP contribution in [0.15, 0.2) is 0 Å². The molecule has 15 atom stereocenters. The van der Waals surface area contributed by atoms with Crippen molar-refractivity contribution in [1.82, 2.24) is 0 Å². The molecule has 6 N–H and O–H groups in total. The van der Waals surface area contributed by atoms with Crippen molar-refractivity contribution in [3.8, 4) is 0 Å². The normalized spacial score (nSPS) is 45.9. The Morgan fingerprint density at radius 2 is 1.30 bits per heavy atom. The molecule has 15 unspecified atom stereocenters. The van der Waals surface area contributed by atoms with Crippen molar-refractivity contribution in [1.29, 1.82) is 0 Å². The Morgan fingerprint density at radius 3 is 1.84 bits per heavy atom. The molecule has 0 bridgehead atoms. The van der Waals surface area contributed by atoms with E-state index < -0.39 is 80.0 Å². The number of hydrogen-bond donors (Lipinski definition) is 6. The molecular formula is C28H46O16. The molecule has 4 heterocycles. The lowest BCUT2D eigenvalue weighted by molar-refractivity contribution is -0.212. The van der Waals surface area contributed by atoms with Gasteiger partial charge in [0, 0.05) is 13.5 Å². The van der Waals surface area contributed by atoms with Crippen LogP contribution in [0.25, 0.3) is 0 Å². The van der Waals surface area contributed by atoms with E-state index in [9.17, 15) is 40.2 Å². The van der Waals surface area contributed by atoms with Crippen molar-refractivity contribution < 1.29 is 78.1 Å². The first-order valence-electron chi connectivity index (χ1n) is 15.1. The van der Waals surface area contributed by atoms with E-state index >= 15 is 0 Å². The van der Waals surface area contributed by atoms with Crippen LogP contribution in [0.2, 0.25) is 0 Å². The first-order valence-corrected chi connectivity index (χ1v) is 15.1. The monoisotopic (exact) mass is 638 g/mol. The highest BCUT2D eigenvalue weighted by Gasteiger charge is 2.51. The van der Waals surface area contributed by atoms with Crippen LogP contribution in [0.1, 0.15) is 46.0 Å². The number of carbonyl (C=O) groups excluding carboxylic acids is 2. The molecule has 6 rings (SSSR count). The Kier molecular flexibility index (Phi) is 12.9. The van der Waals surface area contributed by atoms with Gasteiger partial charge in [-0.05, 0) is 44.4 Å². The topological polar surface area (TPSA) is 229 Å². The molecule has 0 radical (unpaired) electrons. The fourth-order valence-electron chi connectivity index (χ4n) is 6.18. The van der Waals surface area contributed by atoms with Gasteiger partial charge in [0.2, 0.25) is 6.29 Å². The lowest BCUT2D eigenvalue weighted by atomic mass is 9.78. The molecule has 16 nitrogen and oxygen atoms in total. The van der Waals surface area contributed by atoms with Crippen LogP contribution in [0, 0.1) is 11.8 Å². The molecule has 254 valence electrons. The van der Waals surface area contributed by atoms with E-state index in [4.69, 9.17) is 37.9 Å². The number of hydrogen-bond acceptors (Lipinski definition) is 16. The summed E-state index contributed by atoms with van der Waals surface area (Å²) < 4.78 is 40.8. The second kappa shape index (κ2) is 15.9. The maximum atomic E-state index is 11.3. The summed E-state index contributed by atoms with van der Waals surface area (Å²) in [7, 11) is 1.73. The fraction of sp³-hybridized carbons (Fsp3) is 0.929. The number of fused-ring (bicyclic) bond motifs is 3. The molecule has 6 aliphatic rings. The molecular weight excluding hydrogens is 592 g/mol. The minimum Gasteiger partial charge on any atom is -0.462 e. The zero-order valence-electron chi connectivity index (χ0n) is 25.1. The third kappa shape index (κ3) is 8.12. The third-order valence-corrected chi connectivity index (χ3v) is 8.73. The number of aliphatic hydroxyl groups is 6. The average molecular weight is 639 g/mol. The van der Waals surface area contributed by atoms with Gasteiger partial charge in [0.1, 0.15) is 36.6 Å². The van der Waals surface area contributed by atoms with Crippen LogP contribution in [-0.4, -0.2) is 149 Å². The van der Waals surface area contributed by atoms with Crippen LogP contribution < -0.4 is 0 Å². The summed E-state index contributed by atoms with van der Waals surface area (Å²) in [5.41, 5.74) is 0. The van der Waals surface area contributed by atoms with Gasteiger partial charge in [-0.15, -0.1) is 0 Å². The van der Waals surface area contributed by atoms with Crippen molar-refractivity contribution in [3.63, 3.8) is 0 Å². The molecule has 2 saturated carbocycles. The maximum absolute atomic E-state index is 11.3. The number of rotatable bonds is 5. The van der Waals surface area contributed by atoms with E-state index in [1.807, 2.05) is 0 Å². The lowest BCUT2D eigenvalue weighted by Gasteiger charge is -2.33. The van der Waals surface area contributed by atoms with Crippen molar-refractivity contribution in [3.05, 3.63) is 0 Å². The second-order valence-corrected chi connectivity index (χ2v) is 11.6. The number of Topliss-reactive ketones (excluding diaryl/α,β-unsaturated/α-hetero) is 1. The van der Waals surface area contributed by atoms with E-state index in [0.717, 1.165) is 25.7 Å². The van der Waals surface area contributed by atoms with E-state index in [1.165, 1.54) is 0 Å². The van der Waals surface area contributed by atoms with Gasteiger partial charge in [0.15, 0.2) is 18.4 Å². The summed E-state index contributed by atoms with van der Waals surface area (Å²) >= 11 is 0. The van der Waals surface area contributed by atoms with Gasteiger partial charge in [0.05, 0.1) is 38.1 Å². The van der Waals surface area contributed by atoms with Crippen molar-refractivity contribution in [2.75, 3.05) is 26.9 Å². The van der Waals surface area contributed by atoms with Crippen molar-refractivity contribution in [2.45, 2.75) is 126 Å². The summed E-state index contributed by atoms with van der Waals surface area (Å²) in [4.78, 5) is 22.6. The third-order valence-electron chi connectivity index (χ3n) is 8.73. The molecule has 0 aromatic heterocycles. The predicted octanol–water partition coefficient (Wildman–Crippen LogP) is -2.30. The Bertz CT molecular complexity index is 937. The molecule has 0 aromatic carbocycles. The zero-order chi connectivity index (χ0) is 32.1. The maximum Gasteiger partial charge on any atom is 0.363 e. The highest BCUT2D eigenvalue weighted by molar-refractivity contribution is 5.81. The molecule has 0 spiro atoms. The second-order valence-electron chi connectivity index (χ2n) is 11.6. The van der Waals surface area contributed by atoms with Crippen LogP contribution in [0.4, 0.5) is 0 Å². The molecule has 4 aliphatic heterocycles. The molecule has 16 heteroatoms. The van der Waals surface area contributed by atoms with E-state index in [-0.39, 0.29) is 31.5 Å². The number of ketones is 1. The summed E-state index contributed by atoms with van der Waals surface area (Å²) in [6.07, 6.45) is -6.31. The number of aliphatic hydroxyl groups excluding tert-OH is 6. The van der Waals surface area contributed by atoms with E-state index in [2.05, 4.69) is 0 Å². The predicted molar refractivity (Wildman–Crippen MR) is 143 cm³/mol. The minimum absolute atomic E-state index is 0.0151. The molecule has 0 aromatic rings. The average Bonchev–Trinajstić information content (AvgIpc) is 3.77. The summed E-state index contributed by atoms with van der Waals surface area (Å²) in [5.74, 6) is -0.0195. The van der Waals surface area contributed by atoms with Gasteiger partial charge in [-0.25, -0.2) is 4.79 Å². The SMILES string of the molecule is CCC(=O)C1OC2OCC(O)C(O)C2O1.CCOC(=O)C1OC2OCC(O)C(O)C2O1.COC1CC2CCC(O)C(O)C2C1. The van der Waals surface area contributed by atoms with Crippen molar-refractivity contribution >= 4 is 11.8 Å². The van der Waals surface area contributed by atoms with Gasteiger partial charge in [0.25, 0.3) is 6.29 Å². The molecule has 2 aliphatic carbocycles. The van der Waals surface area contributed by atoms with Crippen LogP contribution in [0.5, 0.6) is 0 Å². The van der Waals surface area contributed by atoms with Crippen LogP contribution in [-0.2, 0) is 47.5 Å². The molecule has 0 amide bonds. The standard InChI is InChI=1S/C10H18O3.C9H14O7.C9H14O6/c1-13-7-4-6-2-3-9(11)10(12)8(6)5-7;1-2-13-7(12)9-15-6-5(11)4(10)3-14-8(6)16-9;1-2-4(10)8-14-7-6(12)5(11)3-13-9(7)15-8/h6-12H,2-5H2,1H3;4-6,8-11H,2-3H2,1H3;5-9,11-12H,2-3H2,1H3. The lowest BCUT2D eigenvalue weighted by Crippen LogP contribution is -2.51. The number of ether oxygens (including phenoxy) is 8. The van der Waals surface area contributed by atoms with Gasteiger partial charge in [-0.2, -0.15) is 0 Å². The molecule has 44 heavy (non-hydrogen) atoms. The summed E-state index contributed by atoms with van der Waals surface area (Å²) in [6, 6.07) is 0. The number of carbonyl (C=O) groups is 2. The Morgan fingerprint density at radius 1 is 0.727 bits per heavy atom. The first-order chi connectivity index (χ1) is 21.0. The van der Waals surface area contributed by atoms with Crippen LogP contribution in [0.3, 0.4) is 0 Å². The van der Waals surface area contributed by atoms with E-state index in [0.29, 0.717) is 18.4 Å². The summed E-state index contributed by atoms with van der Waals surface area (Å²) in [6.45, 7) is 3.50. The highest BCUT2D eigenvalue weighted by Crippen LogP contribution is 2.43. The number of methoxy groups -OCH3 is 1. The summed E-state index contributed by atoms with van der Waals surface area (Å²) in [5, 5.41) is 57.1. The Balaban J connectivity index is 0.000000151. The number of esters is 1. The van der Waals surface area contributed by atoms with E-state index in [1.54, 1.807) is 21.0 Å². The Labute approximate surface area is 255 Å². The van der Waals surface area contributed by atoms with Crippen LogP contribution >= 0.6 is 0 Å².